The van der Waals surface area contributed by atoms with Crippen molar-refractivity contribution in [1.82, 2.24) is 10.7 Å². The van der Waals surface area contributed by atoms with E-state index in [2.05, 4.69) is 15.8 Å². The number of benzene rings is 3. The van der Waals surface area contributed by atoms with Crippen LogP contribution in [0.2, 0.25) is 0 Å². The molecule has 0 fully saturated rings. The highest BCUT2D eigenvalue weighted by Gasteiger charge is 2.22. The van der Waals surface area contributed by atoms with E-state index in [0.717, 1.165) is 16.7 Å². The molecule has 6 heteroatoms. The van der Waals surface area contributed by atoms with Gasteiger partial charge in [-0.15, -0.1) is 0 Å². The molecule has 0 aromatic heterocycles. The normalized spacial score (nSPS) is 11.0. The summed E-state index contributed by atoms with van der Waals surface area (Å²) in [6.45, 7) is 3.75. The predicted octanol–water partition coefficient (Wildman–Crippen LogP) is 3.87. The third kappa shape index (κ3) is 6.80. The molecule has 3 aromatic carbocycles. The second-order valence-electron chi connectivity index (χ2n) is 7.57. The van der Waals surface area contributed by atoms with Crippen molar-refractivity contribution in [2.24, 2.45) is 5.10 Å². The van der Waals surface area contributed by atoms with Crippen LogP contribution in [0.4, 0.5) is 0 Å². The molecule has 0 aliphatic heterocycles. The van der Waals surface area contributed by atoms with E-state index in [1.807, 2.05) is 74.5 Å². The van der Waals surface area contributed by atoms with E-state index in [1.54, 1.807) is 30.5 Å². The van der Waals surface area contributed by atoms with Gasteiger partial charge in [-0.3, -0.25) is 9.59 Å². The molecule has 0 aliphatic carbocycles. The average Bonchev–Trinajstić information content (AvgIpc) is 2.80. The van der Waals surface area contributed by atoms with Gasteiger partial charge in [-0.05, 0) is 54.8 Å². The van der Waals surface area contributed by atoms with E-state index in [4.69, 9.17) is 4.74 Å². The van der Waals surface area contributed by atoms with Gasteiger partial charge in [0.15, 0.2) is 6.61 Å². The number of carbonyl (C=O) groups excluding carboxylic acids is 2. The van der Waals surface area contributed by atoms with Crippen LogP contribution >= 0.6 is 0 Å². The van der Waals surface area contributed by atoms with Crippen LogP contribution in [0.1, 0.15) is 36.5 Å². The Kier molecular flexibility index (Phi) is 8.15. The SMILES string of the molecule is CC(C)NC(=O)COc1ccc(/C=N/NC(=O)C(c2ccccc2)c2ccccc2)cc1. The third-order valence-electron chi connectivity index (χ3n) is 4.62. The summed E-state index contributed by atoms with van der Waals surface area (Å²) in [7, 11) is 0. The third-order valence-corrected chi connectivity index (χ3v) is 4.62. The molecule has 0 atom stereocenters. The van der Waals surface area contributed by atoms with E-state index in [-0.39, 0.29) is 24.5 Å². The molecule has 0 saturated heterocycles. The summed E-state index contributed by atoms with van der Waals surface area (Å²) in [5.74, 6) is -0.255. The lowest BCUT2D eigenvalue weighted by molar-refractivity contribution is -0.123. The van der Waals surface area contributed by atoms with Gasteiger partial charge in [0.05, 0.1) is 12.1 Å². The molecule has 164 valence electrons. The van der Waals surface area contributed by atoms with Crippen LogP contribution in [-0.4, -0.2) is 30.7 Å². The fourth-order valence-corrected chi connectivity index (χ4v) is 3.18. The lowest BCUT2D eigenvalue weighted by Crippen LogP contribution is -2.34. The Bertz CT molecular complexity index is 993. The Morgan fingerprint density at radius 3 is 1.97 bits per heavy atom. The van der Waals surface area contributed by atoms with Crippen molar-refractivity contribution >= 4 is 18.0 Å². The van der Waals surface area contributed by atoms with E-state index in [0.29, 0.717) is 5.75 Å². The predicted molar refractivity (Wildman–Crippen MR) is 126 cm³/mol. The van der Waals surface area contributed by atoms with Crippen molar-refractivity contribution in [2.75, 3.05) is 6.61 Å². The Labute approximate surface area is 188 Å². The van der Waals surface area contributed by atoms with Gasteiger partial charge in [-0.2, -0.15) is 5.10 Å². The molecule has 2 N–H and O–H groups in total. The molecule has 3 rings (SSSR count). The fourth-order valence-electron chi connectivity index (χ4n) is 3.18. The number of rotatable bonds is 9. The molecule has 0 bridgehead atoms. The van der Waals surface area contributed by atoms with Gasteiger partial charge < -0.3 is 10.1 Å². The molecule has 32 heavy (non-hydrogen) atoms. The van der Waals surface area contributed by atoms with Crippen LogP contribution in [0, 0.1) is 0 Å². The van der Waals surface area contributed by atoms with Crippen molar-refractivity contribution < 1.29 is 14.3 Å². The van der Waals surface area contributed by atoms with Crippen molar-refractivity contribution in [3.63, 3.8) is 0 Å². The number of hydrazone groups is 1. The second-order valence-corrected chi connectivity index (χ2v) is 7.57. The largest absolute Gasteiger partial charge is 0.484 e. The topological polar surface area (TPSA) is 79.8 Å². The lowest BCUT2D eigenvalue weighted by Gasteiger charge is -2.16. The zero-order chi connectivity index (χ0) is 22.8. The molecule has 2 amide bonds. The fraction of sp³-hybridized carbons (Fsp3) is 0.192. The Balaban J connectivity index is 1.60. The number of hydrogen-bond acceptors (Lipinski definition) is 4. The average molecular weight is 430 g/mol. The van der Waals surface area contributed by atoms with Crippen molar-refractivity contribution in [1.29, 1.82) is 0 Å². The summed E-state index contributed by atoms with van der Waals surface area (Å²) < 4.78 is 5.47. The highest BCUT2D eigenvalue weighted by atomic mass is 16.5. The maximum absolute atomic E-state index is 12.9. The standard InChI is InChI=1S/C26H27N3O3/c1-19(2)28-24(30)18-32-23-15-13-20(14-16-23)17-27-29-26(31)25(21-9-5-3-6-10-21)22-11-7-4-8-12-22/h3-17,19,25H,18H2,1-2H3,(H,28,30)(H,29,31)/b27-17+. The number of carbonyl (C=O) groups is 2. The minimum Gasteiger partial charge on any atom is -0.484 e. The quantitative estimate of drug-likeness (QED) is 0.400. The summed E-state index contributed by atoms with van der Waals surface area (Å²) >= 11 is 0. The van der Waals surface area contributed by atoms with Crippen LogP contribution < -0.4 is 15.5 Å². The number of hydrogen-bond donors (Lipinski definition) is 2. The molecule has 3 aromatic rings. The van der Waals surface area contributed by atoms with Crippen LogP contribution in [0.15, 0.2) is 90.0 Å². The van der Waals surface area contributed by atoms with Gasteiger partial charge in [0, 0.05) is 6.04 Å². The number of ether oxygens (including phenoxy) is 1. The lowest BCUT2D eigenvalue weighted by atomic mass is 9.91. The summed E-state index contributed by atoms with van der Waals surface area (Å²) in [5.41, 5.74) is 5.23. The first kappa shape index (κ1) is 22.7. The van der Waals surface area contributed by atoms with Gasteiger partial charge in [0.2, 0.25) is 0 Å². The Morgan fingerprint density at radius 1 is 0.875 bits per heavy atom. The number of nitrogens with zero attached hydrogens (tertiary/aromatic N) is 1. The van der Waals surface area contributed by atoms with Gasteiger partial charge in [-0.1, -0.05) is 60.7 Å². The zero-order valence-corrected chi connectivity index (χ0v) is 18.2. The summed E-state index contributed by atoms with van der Waals surface area (Å²) in [4.78, 5) is 24.6. The molecule has 0 spiro atoms. The molecule has 0 aliphatic rings. The van der Waals surface area contributed by atoms with Crippen LogP contribution in [-0.2, 0) is 9.59 Å². The molecular weight excluding hydrogens is 402 g/mol. The second kappa shape index (κ2) is 11.5. The smallest absolute Gasteiger partial charge is 0.258 e. The first-order valence-electron chi connectivity index (χ1n) is 10.5. The van der Waals surface area contributed by atoms with Gasteiger partial charge in [0.25, 0.3) is 11.8 Å². The number of amides is 2. The monoisotopic (exact) mass is 429 g/mol. The highest BCUT2D eigenvalue weighted by Crippen LogP contribution is 2.24. The Morgan fingerprint density at radius 2 is 1.44 bits per heavy atom. The highest BCUT2D eigenvalue weighted by molar-refractivity contribution is 5.88. The van der Waals surface area contributed by atoms with Crippen molar-refractivity contribution in [3.05, 3.63) is 102 Å². The number of nitrogens with one attached hydrogen (secondary N) is 2. The van der Waals surface area contributed by atoms with Crippen molar-refractivity contribution in [3.8, 4) is 5.75 Å². The van der Waals surface area contributed by atoms with Gasteiger partial charge in [0.1, 0.15) is 5.75 Å². The van der Waals surface area contributed by atoms with Crippen LogP contribution in [0.25, 0.3) is 0 Å². The summed E-state index contributed by atoms with van der Waals surface area (Å²) in [6.07, 6.45) is 1.57. The molecule has 0 saturated carbocycles. The summed E-state index contributed by atoms with van der Waals surface area (Å²) in [5, 5.41) is 6.89. The molecule has 0 radical (unpaired) electrons. The van der Waals surface area contributed by atoms with Crippen molar-refractivity contribution in [2.45, 2.75) is 25.8 Å². The summed E-state index contributed by atoms with van der Waals surface area (Å²) in [6, 6.07) is 26.4. The van der Waals surface area contributed by atoms with E-state index in [9.17, 15) is 9.59 Å². The maximum Gasteiger partial charge on any atom is 0.258 e. The maximum atomic E-state index is 12.9. The van der Waals surface area contributed by atoms with Crippen LogP contribution in [0.5, 0.6) is 5.75 Å². The van der Waals surface area contributed by atoms with Gasteiger partial charge >= 0.3 is 0 Å². The van der Waals surface area contributed by atoms with E-state index in [1.165, 1.54) is 0 Å². The minimum absolute atomic E-state index is 0.0396. The minimum atomic E-state index is -0.456. The molecular formula is C26H27N3O3. The van der Waals surface area contributed by atoms with E-state index < -0.39 is 5.92 Å². The molecule has 0 unspecified atom stereocenters. The van der Waals surface area contributed by atoms with Crippen LogP contribution in [0.3, 0.4) is 0 Å². The zero-order valence-electron chi connectivity index (χ0n) is 18.2. The molecule has 0 heterocycles. The first-order chi connectivity index (χ1) is 15.5. The Hall–Kier alpha value is -3.93. The van der Waals surface area contributed by atoms with Gasteiger partial charge in [-0.25, -0.2) is 5.43 Å². The van der Waals surface area contributed by atoms with E-state index >= 15 is 0 Å². The first-order valence-corrected chi connectivity index (χ1v) is 10.5. The molecule has 6 nitrogen and oxygen atoms in total.